The summed E-state index contributed by atoms with van der Waals surface area (Å²) in [5.74, 6) is 0.00888. The molecule has 0 bridgehead atoms. The molecule has 0 spiro atoms. The Kier molecular flexibility index (Phi) is 5.88. The number of nitrogens with one attached hydrogen (secondary N) is 1. The minimum atomic E-state index is -3.28. The highest BCUT2D eigenvalue weighted by molar-refractivity contribution is 7.89. The number of hydrogen-bond donors (Lipinski definition) is 1. The Hall–Kier alpha value is -0.650. The van der Waals surface area contributed by atoms with Crippen LogP contribution in [0.5, 0.6) is 0 Å². The number of benzene rings is 1. The van der Waals surface area contributed by atoms with Gasteiger partial charge in [0.1, 0.15) is 5.82 Å². The van der Waals surface area contributed by atoms with Crippen LogP contribution in [0.1, 0.15) is 12.0 Å². The molecule has 0 saturated heterocycles. The van der Waals surface area contributed by atoms with Gasteiger partial charge in [-0.3, -0.25) is 0 Å². The SMILES string of the molecule is O=S(=O)(CCCCl)NCCc1ccccc1F. The maximum absolute atomic E-state index is 13.2. The first-order valence-electron chi connectivity index (χ1n) is 5.32. The number of rotatable bonds is 7. The molecule has 0 radical (unpaired) electrons. The van der Waals surface area contributed by atoms with E-state index in [9.17, 15) is 12.8 Å². The average Bonchev–Trinajstić information content (AvgIpc) is 2.29. The number of sulfonamides is 1. The molecule has 96 valence electrons. The summed E-state index contributed by atoms with van der Waals surface area (Å²) in [5, 5.41) is 0. The van der Waals surface area contributed by atoms with E-state index in [2.05, 4.69) is 4.72 Å². The molecule has 1 rings (SSSR count). The van der Waals surface area contributed by atoms with Gasteiger partial charge >= 0.3 is 0 Å². The van der Waals surface area contributed by atoms with Crippen molar-refractivity contribution in [2.45, 2.75) is 12.8 Å². The molecule has 0 aliphatic heterocycles. The zero-order chi connectivity index (χ0) is 12.7. The first-order valence-corrected chi connectivity index (χ1v) is 7.50. The molecule has 0 aromatic heterocycles. The van der Waals surface area contributed by atoms with Crippen LogP contribution in [-0.2, 0) is 16.4 Å². The zero-order valence-electron chi connectivity index (χ0n) is 9.33. The second kappa shape index (κ2) is 6.93. The van der Waals surface area contributed by atoms with Crippen LogP contribution in [0.15, 0.2) is 24.3 Å². The van der Waals surface area contributed by atoms with Crippen LogP contribution in [0.3, 0.4) is 0 Å². The Labute approximate surface area is 106 Å². The summed E-state index contributed by atoms with van der Waals surface area (Å²) in [5.41, 5.74) is 0.507. The number of halogens is 2. The summed E-state index contributed by atoms with van der Waals surface area (Å²) in [6.07, 6.45) is 0.753. The molecule has 6 heteroatoms. The number of alkyl halides is 1. The lowest BCUT2D eigenvalue weighted by molar-refractivity contribution is 0.576. The average molecular weight is 280 g/mol. The molecule has 0 unspecified atom stereocenters. The fraction of sp³-hybridized carbons (Fsp3) is 0.455. The smallest absolute Gasteiger partial charge is 0.211 e. The van der Waals surface area contributed by atoms with E-state index >= 15 is 0 Å². The van der Waals surface area contributed by atoms with Crippen molar-refractivity contribution in [1.29, 1.82) is 0 Å². The summed E-state index contributed by atoms with van der Waals surface area (Å²) in [7, 11) is -3.28. The van der Waals surface area contributed by atoms with Gasteiger partial charge in [-0.25, -0.2) is 17.5 Å². The molecule has 0 fully saturated rings. The number of hydrogen-bond acceptors (Lipinski definition) is 2. The van der Waals surface area contributed by atoms with Crippen LogP contribution >= 0.6 is 11.6 Å². The van der Waals surface area contributed by atoms with Gasteiger partial charge in [-0.2, -0.15) is 0 Å². The minimum Gasteiger partial charge on any atom is -0.215 e. The second-order valence-electron chi connectivity index (χ2n) is 3.60. The Morgan fingerprint density at radius 3 is 2.65 bits per heavy atom. The maximum Gasteiger partial charge on any atom is 0.211 e. The van der Waals surface area contributed by atoms with E-state index in [-0.39, 0.29) is 18.1 Å². The summed E-state index contributed by atoms with van der Waals surface area (Å²) in [4.78, 5) is 0. The van der Waals surface area contributed by atoms with Gasteiger partial charge in [-0.15, -0.1) is 11.6 Å². The van der Waals surface area contributed by atoms with Crippen LogP contribution in [0.2, 0.25) is 0 Å². The van der Waals surface area contributed by atoms with Crippen LogP contribution in [0.25, 0.3) is 0 Å². The highest BCUT2D eigenvalue weighted by Crippen LogP contribution is 2.06. The van der Waals surface area contributed by atoms with E-state index in [1.54, 1.807) is 18.2 Å². The summed E-state index contributed by atoms with van der Waals surface area (Å²) >= 11 is 5.42. The highest BCUT2D eigenvalue weighted by atomic mass is 35.5. The monoisotopic (exact) mass is 279 g/mol. The molecular weight excluding hydrogens is 265 g/mol. The van der Waals surface area contributed by atoms with Crippen LogP contribution in [0, 0.1) is 5.82 Å². The summed E-state index contributed by atoms with van der Waals surface area (Å²) in [6, 6.07) is 6.32. The van der Waals surface area contributed by atoms with Crippen LogP contribution in [0.4, 0.5) is 4.39 Å². The predicted octanol–water partition coefficient (Wildman–Crippen LogP) is 1.92. The van der Waals surface area contributed by atoms with Crippen molar-refractivity contribution in [1.82, 2.24) is 4.72 Å². The minimum absolute atomic E-state index is 0.00771. The molecule has 3 nitrogen and oxygen atoms in total. The van der Waals surface area contributed by atoms with Gasteiger partial charge in [-0.1, -0.05) is 18.2 Å². The molecule has 0 aliphatic carbocycles. The van der Waals surface area contributed by atoms with E-state index in [0.717, 1.165) is 0 Å². The molecule has 17 heavy (non-hydrogen) atoms. The molecule has 0 aliphatic rings. The lowest BCUT2D eigenvalue weighted by Gasteiger charge is -2.06. The molecule has 1 N–H and O–H groups in total. The van der Waals surface area contributed by atoms with E-state index in [1.165, 1.54) is 6.07 Å². The lowest BCUT2D eigenvalue weighted by Crippen LogP contribution is -2.28. The van der Waals surface area contributed by atoms with Gasteiger partial charge in [0.05, 0.1) is 5.75 Å². The van der Waals surface area contributed by atoms with E-state index in [0.29, 0.717) is 24.3 Å². The Morgan fingerprint density at radius 2 is 2.00 bits per heavy atom. The van der Waals surface area contributed by atoms with E-state index < -0.39 is 10.0 Å². The second-order valence-corrected chi connectivity index (χ2v) is 5.90. The van der Waals surface area contributed by atoms with Gasteiger partial charge in [0, 0.05) is 12.4 Å². The fourth-order valence-electron chi connectivity index (χ4n) is 1.36. The predicted molar refractivity (Wildman–Crippen MR) is 67.2 cm³/mol. The van der Waals surface area contributed by atoms with Crippen molar-refractivity contribution >= 4 is 21.6 Å². The summed E-state index contributed by atoms with van der Waals surface area (Å²) < 4.78 is 38.4. The zero-order valence-corrected chi connectivity index (χ0v) is 10.9. The third-order valence-corrected chi connectivity index (χ3v) is 3.96. The van der Waals surface area contributed by atoms with Crippen LogP contribution in [-0.4, -0.2) is 26.6 Å². The van der Waals surface area contributed by atoms with Crippen molar-refractivity contribution in [3.63, 3.8) is 0 Å². The molecule has 0 heterocycles. The topological polar surface area (TPSA) is 46.2 Å². The molecule has 0 atom stereocenters. The molecular formula is C11H15ClFNO2S. The van der Waals surface area contributed by atoms with Gasteiger partial charge in [-0.05, 0) is 24.5 Å². The maximum atomic E-state index is 13.2. The highest BCUT2D eigenvalue weighted by Gasteiger charge is 2.09. The molecule has 0 amide bonds. The van der Waals surface area contributed by atoms with E-state index in [4.69, 9.17) is 11.6 Å². The molecule has 1 aromatic rings. The van der Waals surface area contributed by atoms with Gasteiger partial charge in [0.2, 0.25) is 10.0 Å². The third kappa shape index (κ3) is 5.48. The lowest BCUT2D eigenvalue weighted by atomic mass is 10.1. The fourth-order valence-corrected chi connectivity index (χ4v) is 2.73. The van der Waals surface area contributed by atoms with Crippen molar-refractivity contribution in [2.24, 2.45) is 0 Å². The first-order chi connectivity index (χ1) is 8.05. The van der Waals surface area contributed by atoms with Crippen molar-refractivity contribution in [3.8, 4) is 0 Å². The largest absolute Gasteiger partial charge is 0.215 e. The standard InChI is InChI=1S/C11H15ClFNO2S/c12-7-3-9-17(15,16)14-8-6-10-4-1-2-5-11(10)13/h1-2,4-5,14H,3,6-9H2. The van der Waals surface area contributed by atoms with Crippen molar-refractivity contribution in [3.05, 3.63) is 35.6 Å². The molecule has 1 aromatic carbocycles. The van der Waals surface area contributed by atoms with Gasteiger partial charge in [0.15, 0.2) is 0 Å². The van der Waals surface area contributed by atoms with Crippen LogP contribution < -0.4 is 4.72 Å². The van der Waals surface area contributed by atoms with Crippen molar-refractivity contribution < 1.29 is 12.8 Å². The quantitative estimate of drug-likeness (QED) is 0.775. The first kappa shape index (κ1) is 14.4. The Balaban J connectivity index is 2.40. The Morgan fingerprint density at radius 1 is 1.29 bits per heavy atom. The van der Waals surface area contributed by atoms with Crippen molar-refractivity contribution in [2.75, 3.05) is 18.2 Å². The van der Waals surface area contributed by atoms with Gasteiger partial charge in [0.25, 0.3) is 0 Å². The van der Waals surface area contributed by atoms with E-state index in [1.807, 2.05) is 0 Å². The van der Waals surface area contributed by atoms with Gasteiger partial charge < -0.3 is 0 Å². The normalized spacial score (nSPS) is 11.6. The molecule has 0 saturated carbocycles. The Bertz CT molecular complexity index is 451. The summed E-state index contributed by atoms with van der Waals surface area (Å²) in [6.45, 7) is 0.200. The third-order valence-electron chi connectivity index (χ3n) is 2.22.